The molecule has 30 heavy (non-hydrogen) atoms. The van der Waals surface area contributed by atoms with Gasteiger partial charge in [-0.3, -0.25) is 0 Å². The first-order valence-electron chi connectivity index (χ1n) is 11.5. The lowest BCUT2D eigenvalue weighted by Gasteiger charge is -2.19. The molecule has 1 rings (SSSR count). The van der Waals surface area contributed by atoms with E-state index in [0.717, 1.165) is 12.8 Å². The quantitative estimate of drug-likeness (QED) is 0.199. The molecule has 4 nitrogen and oxygen atoms in total. The summed E-state index contributed by atoms with van der Waals surface area (Å²) in [6, 6.07) is 8.18. The predicted octanol–water partition coefficient (Wildman–Crippen LogP) is 5.96. The van der Waals surface area contributed by atoms with Crippen molar-refractivity contribution in [2.24, 2.45) is 5.73 Å². The van der Waals surface area contributed by atoms with Gasteiger partial charge in [-0.2, -0.15) is 0 Å². The van der Waals surface area contributed by atoms with Gasteiger partial charge in [0.25, 0.3) is 0 Å². The van der Waals surface area contributed by atoms with E-state index in [1.807, 2.05) is 12.1 Å². The molecule has 0 aromatic heterocycles. The standard InChI is InChI=1S/C26H41NO3/c1-3-4-5-6-7-8-11-16-22(2)17-12-9-15-20-25(24(27)21-28)30-26(29)23-18-13-10-14-19-23/h10,13-15,17-20,24-25,28H,3-9,11-12,16,21,27H2,1-2H3/b20-15+,22-17+/t24-,25+/m0/s1. The average molecular weight is 416 g/mol. The van der Waals surface area contributed by atoms with E-state index in [-0.39, 0.29) is 6.61 Å². The topological polar surface area (TPSA) is 72.5 Å². The molecule has 0 amide bonds. The summed E-state index contributed by atoms with van der Waals surface area (Å²) in [5.74, 6) is -0.431. The summed E-state index contributed by atoms with van der Waals surface area (Å²) in [5.41, 5.74) is 7.84. The van der Waals surface area contributed by atoms with Crippen molar-refractivity contribution in [2.45, 2.75) is 90.2 Å². The zero-order chi connectivity index (χ0) is 22.0. The van der Waals surface area contributed by atoms with Crippen molar-refractivity contribution in [1.29, 1.82) is 0 Å². The second-order valence-electron chi connectivity index (χ2n) is 8.01. The molecule has 0 fully saturated rings. The number of esters is 1. The van der Waals surface area contributed by atoms with Gasteiger partial charge < -0.3 is 15.6 Å². The lowest BCUT2D eigenvalue weighted by molar-refractivity contribution is 0.0304. The first kappa shape index (κ1) is 26.1. The molecule has 0 spiro atoms. The third-order valence-corrected chi connectivity index (χ3v) is 5.21. The molecule has 0 aliphatic heterocycles. The van der Waals surface area contributed by atoms with Crippen LogP contribution in [0.2, 0.25) is 0 Å². The highest BCUT2D eigenvalue weighted by Gasteiger charge is 2.19. The normalized spacial score (nSPS) is 14.1. The fourth-order valence-electron chi connectivity index (χ4n) is 3.26. The highest BCUT2D eigenvalue weighted by molar-refractivity contribution is 5.89. The fourth-order valence-corrected chi connectivity index (χ4v) is 3.26. The molecule has 168 valence electrons. The summed E-state index contributed by atoms with van der Waals surface area (Å²) in [7, 11) is 0. The molecule has 0 aliphatic carbocycles. The van der Waals surface area contributed by atoms with E-state index in [0.29, 0.717) is 5.56 Å². The van der Waals surface area contributed by atoms with Gasteiger partial charge in [0, 0.05) is 0 Å². The van der Waals surface area contributed by atoms with Crippen LogP contribution in [0.4, 0.5) is 0 Å². The van der Waals surface area contributed by atoms with Gasteiger partial charge in [0.15, 0.2) is 0 Å². The number of unbranched alkanes of at least 4 members (excludes halogenated alkanes) is 7. The summed E-state index contributed by atoms with van der Waals surface area (Å²) in [6.07, 6.45) is 17.8. The number of allylic oxidation sites excluding steroid dienone is 3. The monoisotopic (exact) mass is 415 g/mol. The van der Waals surface area contributed by atoms with Gasteiger partial charge in [-0.15, -0.1) is 0 Å². The highest BCUT2D eigenvalue weighted by atomic mass is 16.5. The zero-order valence-electron chi connectivity index (χ0n) is 18.9. The largest absolute Gasteiger partial charge is 0.453 e. The number of aliphatic hydroxyl groups excluding tert-OH is 1. The molecule has 0 saturated carbocycles. The molecule has 0 heterocycles. The van der Waals surface area contributed by atoms with Crippen molar-refractivity contribution in [3.8, 4) is 0 Å². The number of aliphatic hydroxyl groups is 1. The molecule has 1 aromatic rings. The Balaban J connectivity index is 2.33. The molecule has 0 saturated heterocycles. The Labute approximate surface area is 183 Å². The summed E-state index contributed by atoms with van der Waals surface area (Å²) in [4.78, 5) is 12.2. The molecular formula is C26H41NO3. The molecule has 0 unspecified atom stereocenters. The number of nitrogens with two attached hydrogens (primary N) is 1. The maximum absolute atomic E-state index is 12.2. The van der Waals surface area contributed by atoms with Gasteiger partial charge in [0.1, 0.15) is 6.10 Å². The molecule has 3 N–H and O–H groups in total. The number of carbonyl (C=O) groups excluding carboxylic acids is 1. The van der Waals surface area contributed by atoms with Crippen LogP contribution in [0.3, 0.4) is 0 Å². The van der Waals surface area contributed by atoms with Crippen LogP contribution in [0.15, 0.2) is 54.1 Å². The molecule has 1 aromatic carbocycles. The van der Waals surface area contributed by atoms with E-state index in [2.05, 4.69) is 19.9 Å². The molecule has 0 aliphatic rings. The van der Waals surface area contributed by atoms with Gasteiger partial charge in [0.2, 0.25) is 0 Å². The van der Waals surface area contributed by atoms with Crippen molar-refractivity contribution in [1.82, 2.24) is 0 Å². The summed E-state index contributed by atoms with van der Waals surface area (Å²) >= 11 is 0. The van der Waals surface area contributed by atoms with Crippen LogP contribution in [0.5, 0.6) is 0 Å². The Morgan fingerprint density at radius 3 is 2.40 bits per heavy atom. The van der Waals surface area contributed by atoms with Crippen LogP contribution >= 0.6 is 0 Å². The van der Waals surface area contributed by atoms with E-state index < -0.39 is 18.1 Å². The number of carbonyl (C=O) groups is 1. The molecule has 2 atom stereocenters. The van der Waals surface area contributed by atoms with Gasteiger partial charge in [0.05, 0.1) is 18.2 Å². The summed E-state index contributed by atoms with van der Waals surface area (Å²) in [5, 5.41) is 9.37. The van der Waals surface area contributed by atoms with E-state index >= 15 is 0 Å². The third kappa shape index (κ3) is 11.9. The molecular weight excluding hydrogens is 374 g/mol. The van der Waals surface area contributed by atoms with Gasteiger partial charge in [-0.25, -0.2) is 4.79 Å². The van der Waals surface area contributed by atoms with Crippen molar-refractivity contribution < 1.29 is 14.6 Å². The number of ether oxygens (including phenoxy) is 1. The lowest BCUT2D eigenvalue weighted by Crippen LogP contribution is -2.39. The SMILES string of the molecule is CCCCCCCCC/C(C)=C/CC/C=C/[C@@H](OC(=O)c1ccccc1)[C@@H](N)CO. The Kier molecular flexibility index (Phi) is 14.7. The van der Waals surface area contributed by atoms with Crippen LogP contribution in [0.25, 0.3) is 0 Å². The Hall–Kier alpha value is -1.91. The van der Waals surface area contributed by atoms with Crippen molar-refractivity contribution in [3.63, 3.8) is 0 Å². The van der Waals surface area contributed by atoms with Gasteiger partial charge in [-0.05, 0) is 50.8 Å². The van der Waals surface area contributed by atoms with Crippen LogP contribution < -0.4 is 5.73 Å². The number of hydrogen-bond donors (Lipinski definition) is 2. The number of hydrogen-bond acceptors (Lipinski definition) is 4. The maximum atomic E-state index is 12.2. The minimum atomic E-state index is -0.638. The fraction of sp³-hybridized carbons (Fsp3) is 0.577. The van der Waals surface area contributed by atoms with Crippen molar-refractivity contribution in [3.05, 3.63) is 59.7 Å². The highest BCUT2D eigenvalue weighted by Crippen LogP contribution is 2.13. The smallest absolute Gasteiger partial charge is 0.338 e. The Morgan fingerprint density at radius 1 is 1.07 bits per heavy atom. The second kappa shape index (κ2) is 16.8. The Morgan fingerprint density at radius 2 is 1.73 bits per heavy atom. The van der Waals surface area contributed by atoms with E-state index in [4.69, 9.17) is 10.5 Å². The zero-order valence-corrected chi connectivity index (χ0v) is 18.9. The van der Waals surface area contributed by atoms with E-state index in [9.17, 15) is 9.90 Å². The summed E-state index contributed by atoms with van der Waals surface area (Å²) in [6.45, 7) is 4.21. The Bertz CT molecular complexity index is 624. The summed E-state index contributed by atoms with van der Waals surface area (Å²) < 4.78 is 5.49. The first-order valence-corrected chi connectivity index (χ1v) is 11.5. The van der Waals surface area contributed by atoms with Crippen LogP contribution in [0.1, 0.15) is 88.4 Å². The van der Waals surface area contributed by atoms with Gasteiger partial charge in [-0.1, -0.05) is 81.4 Å². The third-order valence-electron chi connectivity index (χ3n) is 5.21. The number of benzene rings is 1. The minimum absolute atomic E-state index is 0.242. The minimum Gasteiger partial charge on any atom is -0.453 e. The molecule has 0 bridgehead atoms. The first-order chi connectivity index (χ1) is 14.6. The number of rotatable bonds is 16. The van der Waals surface area contributed by atoms with E-state index in [1.165, 1.54) is 56.9 Å². The van der Waals surface area contributed by atoms with Crippen molar-refractivity contribution in [2.75, 3.05) is 6.61 Å². The van der Waals surface area contributed by atoms with E-state index in [1.54, 1.807) is 30.3 Å². The average Bonchev–Trinajstić information content (AvgIpc) is 2.77. The van der Waals surface area contributed by atoms with Crippen LogP contribution in [-0.4, -0.2) is 29.8 Å². The molecule has 0 radical (unpaired) electrons. The van der Waals surface area contributed by atoms with Crippen LogP contribution in [-0.2, 0) is 4.74 Å². The molecule has 4 heteroatoms. The van der Waals surface area contributed by atoms with Gasteiger partial charge >= 0.3 is 5.97 Å². The lowest BCUT2D eigenvalue weighted by atomic mass is 10.0. The van der Waals surface area contributed by atoms with Crippen molar-refractivity contribution >= 4 is 5.97 Å². The second-order valence-corrected chi connectivity index (χ2v) is 8.01. The predicted molar refractivity (Wildman–Crippen MR) is 125 cm³/mol. The maximum Gasteiger partial charge on any atom is 0.338 e. The van der Waals surface area contributed by atoms with Crippen LogP contribution in [0, 0.1) is 0 Å².